The number of unbranched alkanes of at least 4 members (excludes halogenated alkanes) is 2. The van der Waals surface area contributed by atoms with Gasteiger partial charge in [0, 0.05) is 25.8 Å². The molecular formula is C15H23N3O. The summed E-state index contributed by atoms with van der Waals surface area (Å²) in [6.07, 6.45) is 7.51. The minimum atomic E-state index is 0.00565. The van der Waals surface area contributed by atoms with Gasteiger partial charge in [0.05, 0.1) is 5.56 Å². The monoisotopic (exact) mass is 261 g/mol. The summed E-state index contributed by atoms with van der Waals surface area (Å²) in [5.41, 5.74) is 0.709. The zero-order chi connectivity index (χ0) is 13.5. The minimum absolute atomic E-state index is 0.00565. The SMILES string of the molecule is CCCCCNC(=O)c1cccnc1N1CCCC1. The van der Waals surface area contributed by atoms with E-state index in [-0.39, 0.29) is 5.91 Å². The second kappa shape index (κ2) is 7.12. The smallest absolute Gasteiger partial charge is 0.255 e. The molecule has 19 heavy (non-hydrogen) atoms. The van der Waals surface area contributed by atoms with Crippen molar-refractivity contribution < 1.29 is 4.79 Å². The molecule has 0 aromatic carbocycles. The molecule has 0 saturated carbocycles. The molecule has 1 aromatic heterocycles. The Morgan fingerprint density at radius 2 is 2.16 bits per heavy atom. The summed E-state index contributed by atoms with van der Waals surface area (Å²) in [5, 5.41) is 2.99. The van der Waals surface area contributed by atoms with Crippen molar-refractivity contribution in [2.24, 2.45) is 0 Å². The molecular weight excluding hydrogens is 238 g/mol. The van der Waals surface area contributed by atoms with Crippen LogP contribution in [0.3, 0.4) is 0 Å². The summed E-state index contributed by atoms with van der Waals surface area (Å²) < 4.78 is 0. The Labute approximate surface area is 115 Å². The van der Waals surface area contributed by atoms with Crippen LogP contribution in [0.1, 0.15) is 49.4 Å². The second-order valence-corrected chi connectivity index (χ2v) is 5.03. The van der Waals surface area contributed by atoms with Gasteiger partial charge in [0.15, 0.2) is 0 Å². The van der Waals surface area contributed by atoms with Crippen molar-refractivity contribution in [2.45, 2.75) is 39.0 Å². The van der Waals surface area contributed by atoms with Gasteiger partial charge >= 0.3 is 0 Å². The van der Waals surface area contributed by atoms with E-state index in [1.165, 1.54) is 19.3 Å². The Hall–Kier alpha value is -1.58. The highest BCUT2D eigenvalue weighted by Crippen LogP contribution is 2.21. The summed E-state index contributed by atoms with van der Waals surface area (Å²) in [5.74, 6) is 0.846. The van der Waals surface area contributed by atoms with Crippen molar-refractivity contribution in [1.29, 1.82) is 0 Å². The van der Waals surface area contributed by atoms with Gasteiger partial charge in [0.2, 0.25) is 0 Å². The Bertz CT molecular complexity index is 414. The van der Waals surface area contributed by atoms with E-state index in [4.69, 9.17) is 0 Å². The average molecular weight is 261 g/mol. The minimum Gasteiger partial charge on any atom is -0.356 e. The summed E-state index contributed by atoms with van der Waals surface area (Å²) >= 11 is 0. The van der Waals surface area contributed by atoms with Crippen LogP contribution >= 0.6 is 0 Å². The van der Waals surface area contributed by atoms with Crippen LogP contribution in [0, 0.1) is 0 Å². The van der Waals surface area contributed by atoms with Crippen LogP contribution in [0.25, 0.3) is 0 Å². The summed E-state index contributed by atoms with van der Waals surface area (Å²) in [4.78, 5) is 18.8. The van der Waals surface area contributed by atoms with Gasteiger partial charge in [-0.15, -0.1) is 0 Å². The molecule has 1 amide bonds. The van der Waals surface area contributed by atoms with Crippen molar-refractivity contribution >= 4 is 11.7 Å². The van der Waals surface area contributed by atoms with E-state index in [0.29, 0.717) is 5.56 Å². The highest BCUT2D eigenvalue weighted by atomic mass is 16.1. The molecule has 0 radical (unpaired) electrons. The predicted octanol–water partition coefficient (Wildman–Crippen LogP) is 2.60. The number of hydrogen-bond donors (Lipinski definition) is 1. The second-order valence-electron chi connectivity index (χ2n) is 5.03. The lowest BCUT2D eigenvalue weighted by Crippen LogP contribution is -2.28. The van der Waals surface area contributed by atoms with Crippen molar-refractivity contribution in [2.75, 3.05) is 24.5 Å². The molecule has 1 aromatic rings. The molecule has 1 fully saturated rings. The lowest BCUT2D eigenvalue weighted by atomic mass is 10.2. The van der Waals surface area contributed by atoms with Crippen molar-refractivity contribution in [1.82, 2.24) is 10.3 Å². The van der Waals surface area contributed by atoms with Gasteiger partial charge < -0.3 is 10.2 Å². The molecule has 2 heterocycles. The molecule has 0 aliphatic carbocycles. The highest BCUT2D eigenvalue weighted by Gasteiger charge is 2.20. The zero-order valence-corrected chi connectivity index (χ0v) is 11.7. The van der Waals surface area contributed by atoms with Gasteiger partial charge in [-0.05, 0) is 31.4 Å². The van der Waals surface area contributed by atoms with Crippen molar-refractivity contribution in [3.63, 3.8) is 0 Å². The Morgan fingerprint density at radius 1 is 1.37 bits per heavy atom. The number of rotatable bonds is 6. The molecule has 4 heteroatoms. The lowest BCUT2D eigenvalue weighted by molar-refractivity contribution is 0.0953. The van der Waals surface area contributed by atoms with Gasteiger partial charge in [-0.3, -0.25) is 4.79 Å². The molecule has 2 rings (SSSR count). The van der Waals surface area contributed by atoms with Gasteiger partial charge in [0.25, 0.3) is 5.91 Å². The number of amides is 1. The number of hydrogen-bond acceptors (Lipinski definition) is 3. The third-order valence-electron chi connectivity index (χ3n) is 3.50. The van der Waals surface area contributed by atoms with Gasteiger partial charge in [-0.1, -0.05) is 19.8 Å². The van der Waals surface area contributed by atoms with Gasteiger partial charge in [-0.25, -0.2) is 4.98 Å². The maximum absolute atomic E-state index is 12.2. The molecule has 1 aliphatic heterocycles. The molecule has 4 nitrogen and oxygen atoms in total. The number of pyridine rings is 1. The number of carbonyl (C=O) groups excluding carboxylic acids is 1. The van der Waals surface area contributed by atoms with E-state index in [1.54, 1.807) is 6.20 Å². The fourth-order valence-electron chi connectivity index (χ4n) is 2.43. The summed E-state index contributed by atoms with van der Waals surface area (Å²) in [6.45, 7) is 4.93. The Morgan fingerprint density at radius 3 is 2.89 bits per heavy atom. The maximum atomic E-state index is 12.2. The van der Waals surface area contributed by atoms with Crippen LogP contribution < -0.4 is 10.2 Å². The third-order valence-corrected chi connectivity index (χ3v) is 3.50. The first-order valence-electron chi connectivity index (χ1n) is 7.31. The molecule has 1 aliphatic rings. The van der Waals surface area contributed by atoms with E-state index in [1.807, 2.05) is 12.1 Å². The normalized spacial score (nSPS) is 14.7. The molecule has 0 spiro atoms. The molecule has 0 unspecified atom stereocenters. The van der Waals surface area contributed by atoms with Crippen LogP contribution in [0.5, 0.6) is 0 Å². The summed E-state index contributed by atoms with van der Waals surface area (Å²) in [7, 11) is 0. The van der Waals surface area contributed by atoms with E-state index < -0.39 is 0 Å². The number of carbonyl (C=O) groups is 1. The zero-order valence-electron chi connectivity index (χ0n) is 11.7. The van der Waals surface area contributed by atoms with Crippen LogP contribution in [-0.4, -0.2) is 30.5 Å². The Balaban J connectivity index is 2.00. The highest BCUT2D eigenvalue weighted by molar-refractivity contribution is 5.98. The van der Waals surface area contributed by atoms with Crippen molar-refractivity contribution in [3.05, 3.63) is 23.9 Å². The topological polar surface area (TPSA) is 45.2 Å². The Kier molecular flexibility index (Phi) is 5.19. The molecule has 0 bridgehead atoms. The van der Waals surface area contributed by atoms with E-state index in [2.05, 4.69) is 22.1 Å². The fraction of sp³-hybridized carbons (Fsp3) is 0.600. The molecule has 1 N–H and O–H groups in total. The van der Waals surface area contributed by atoms with Crippen LogP contribution in [0.4, 0.5) is 5.82 Å². The molecule has 0 atom stereocenters. The van der Waals surface area contributed by atoms with E-state index in [0.717, 1.165) is 38.3 Å². The third kappa shape index (κ3) is 3.69. The van der Waals surface area contributed by atoms with Gasteiger partial charge in [0.1, 0.15) is 5.82 Å². The van der Waals surface area contributed by atoms with Crippen LogP contribution in [-0.2, 0) is 0 Å². The number of nitrogens with zero attached hydrogens (tertiary/aromatic N) is 2. The molecule has 104 valence electrons. The first kappa shape index (κ1) is 13.8. The number of nitrogens with one attached hydrogen (secondary N) is 1. The molecule has 1 saturated heterocycles. The summed E-state index contributed by atoms with van der Waals surface area (Å²) in [6, 6.07) is 3.70. The first-order chi connectivity index (χ1) is 9.33. The van der Waals surface area contributed by atoms with Crippen LogP contribution in [0.2, 0.25) is 0 Å². The largest absolute Gasteiger partial charge is 0.356 e. The van der Waals surface area contributed by atoms with Crippen molar-refractivity contribution in [3.8, 4) is 0 Å². The first-order valence-corrected chi connectivity index (χ1v) is 7.31. The number of aromatic nitrogens is 1. The standard InChI is InChI=1S/C15H23N3O/c1-2-3-4-9-17-15(19)13-8-7-10-16-14(13)18-11-5-6-12-18/h7-8,10H,2-6,9,11-12H2,1H3,(H,17,19). The van der Waals surface area contributed by atoms with E-state index >= 15 is 0 Å². The van der Waals surface area contributed by atoms with Crippen LogP contribution in [0.15, 0.2) is 18.3 Å². The van der Waals surface area contributed by atoms with E-state index in [9.17, 15) is 4.79 Å². The maximum Gasteiger partial charge on any atom is 0.255 e. The predicted molar refractivity (Wildman–Crippen MR) is 77.5 cm³/mol. The number of anilines is 1. The fourth-order valence-corrected chi connectivity index (χ4v) is 2.43. The quantitative estimate of drug-likeness (QED) is 0.801. The lowest BCUT2D eigenvalue weighted by Gasteiger charge is -2.19. The average Bonchev–Trinajstić information content (AvgIpc) is 2.97. The van der Waals surface area contributed by atoms with Gasteiger partial charge in [-0.2, -0.15) is 0 Å².